The molecule has 0 fully saturated rings. The maximum atomic E-state index is 5.24. The van der Waals surface area contributed by atoms with Crippen molar-refractivity contribution in [3.63, 3.8) is 0 Å². The number of halogens is 1. The van der Waals surface area contributed by atoms with E-state index in [4.69, 9.17) is 4.74 Å². The maximum Gasteiger partial charge on any atom is 0.188 e. The molecule has 0 aliphatic heterocycles. The first-order valence-corrected chi connectivity index (χ1v) is 7.90. The Hall–Kier alpha value is -1.92. The van der Waals surface area contributed by atoms with Crippen LogP contribution < -0.4 is 10.1 Å². The lowest BCUT2D eigenvalue weighted by Gasteiger charge is -2.02. The predicted molar refractivity (Wildman–Crippen MR) is 89.3 cm³/mol. The Labute approximate surface area is 135 Å². The molecule has 106 valence electrons. The van der Waals surface area contributed by atoms with E-state index in [1.165, 1.54) is 0 Å². The van der Waals surface area contributed by atoms with E-state index in [0.29, 0.717) is 0 Å². The summed E-state index contributed by atoms with van der Waals surface area (Å²) in [6.07, 6.45) is 1.75. The van der Waals surface area contributed by atoms with Gasteiger partial charge < -0.3 is 10.1 Å². The van der Waals surface area contributed by atoms with Crippen molar-refractivity contribution in [2.45, 2.75) is 0 Å². The van der Waals surface area contributed by atoms with Gasteiger partial charge in [0.2, 0.25) is 0 Å². The van der Waals surface area contributed by atoms with E-state index < -0.39 is 0 Å². The highest BCUT2D eigenvalue weighted by Crippen LogP contribution is 2.28. The average Bonchev–Trinajstić information content (AvgIpc) is 2.98. The van der Waals surface area contributed by atoms with Crippen LogP contribution in [-0.4, -0.2) is 17.1 Å². The Morgan fingerprint density at radius 2 is 2.14 bits per heavy atom. The zero-order chi connectivity index (χ0) is 14.7. The number of nitrogens with zero attached hydrogens (tertiary/aromatic N) is 2. The van der Waals surface area contributed by atoms with Crippen molar-refractivity contribution in [2.75, 3.05) is 12.4 Å². The molecule has 0 unspecified atom stereocenters. The SMILES string of the molecule is COc1cccc(-c2csc(Nc3ccc(Br)cn3)n2)c1. The molecule has 0 aliphatic rings. The molecule has 0 amide bonds. The minimum Gasteiger partial charge on any atom is -0.497 e. The van der Waals surface area contributed by atoms with Crippen LogP contribution in [0, 0.1) is 0 Å². The third kappa shape index (κ3) is 3.40. The van der Waals surface area contributed by atoms with Gasteiger partial charge in [0.15, 0.2) is 5.13 Å². The van der Waals surface area contributed by atoms with E-state index in [1.54, 1.807) is 24.6 Å². The number of hydrogen-bond donors (Lipinski definition) is 1. The third-order valence-electron chi connectivity index (χ3n) is 2.83. The van der Waals surface area contributed by atoms with Crippen LogP contribution in [0.25, 0.3) is 11.3 Å². The lowest BCUT2D eigenvalue weighted by Crippen LogP contribution is -1.92. The second-order valence-electron chi connectivity index (χ2n) is 4.26. The summed E-state index contributed by atoms with van der Waals surface area (Å²) in [4.78, 5) is 8.85. The molecule has 0 saturated carbocycles. The lowest BCUT2D eigenvalue weighted by atomic mass is 10.2. The maximum absolute atomic E-state index is 5.24. The third-order valence-corrected chi connectivity index (χ3v) is 4.06. The minimum atomic E-state index is 0.768. The van der Waals surface area contributed by atoms with E-state index in [-0.39, 0.29) is 0 Å². The molecule has 2 heterocycles. The van der Waals surface area contributed by atoms with Crippen molar-refractivity contribution in [2.24, 2.45) is 0 Å². The summed E-state index contributed by atoms with van der Waals surface area (Å²) in [5.74, 6) is 1.59. The fourth-order valence-electron chi connectivity index (χ4n) is 1.81. The van der Waals surface area contributed by atoms with Crippen LogP contribution in [0.2, 0.25) is 0 Å². The van der Waals surface area contributed by atoms with Crippen LogP contribution in [0.3, 0.4) is 0 Å². The first kappa shape index (κ1) is 14.0. The highest BCUT2D eigenvalue weighted by atomic mass is 79.9. The summed E-state index contributed by atoms with van der Waals surface area (Å²) >= 11 is 4.91. The summed E-state index contributed by atoms with van der Waals surface area (Å²) in [5.41, 5.74) is 1.95. The number of rotatable bonds is 4. The molecular formula is C15H12BrN3OS. The van der Waals surface area contributed by atoms with Crippen LogP contribution >= 0.6 is 27.3 Å². The molecule has 0 spiro atoms. The monoisotopic (exact) mass is 361 g/mol. The van der Waals surface area contributed by atoms with Gasteiger partial charge in [-0.2, -0.15) is 0 Å². The van der Waals surface area contributed by atoms with Gasteiger partial charge in [0.1, 0.15) is 11.6 Å². The van der Waals surface area contributed by atoms with Gasteiger partial charge in [-0.1, -0.05) is 12.1 Å². The van der Waals surface area contributed by atoms with E-state index in [2.05, 4.69) is 31.2 Å². The number of nitrogens with one attached hydrogen (secondary N) is 1. The average molecular weight is 362 g/mol. The molecule has 1 aromatic carbocycles. The number of anilines is 2. The highest BCUT2D eigenvalue weighted by molar-refractivity contribution is 9.10. The molecule has 21 heavy (non-hydrogen) atoms. The lowest BCUT2D eigenvalue weighted by molar-refractivity contribution is 0.415. The molecule has 0 aliphatic carbocycles. The van der Waals surface area contributed by atoms with E-state index in [0.717, 1.165) is 32.4 Å². The van der Waals surface area contributed by atoms with Crippen LogP contribution in [0.4, 0.5) is 10.9 Å². The Morgan fingerprint density at radius 1 is 1.24 bits per heavy atom. The van der Waals surface area contributed by atoms with Crippen LogP contribution in [0.1, 0.15) is 0 Å². The first-order chi connectivity index (χ1) is 10.2. The van der Waals surface area contributed by atoms with Crippen LogP contribution in [0.15, 0.2) is 52.4 Å². The number of benzene rings is 1. The largest absolute Gasteiger partial charge is 0.497 e. The summed E-state index contributed by atoms with van der Waals surface area (Å²) in [6.45, 7) is 0. The van der Waals surface area contributed by atoms with Crippen LogP contribution in [0.5, 0.6) is 5.75 Å². The van der Waals surface area contributed by atoms with Crippen molar-refractivity contribution in [1.82, 2.24) is 9.97 Å². The van der Waals surface area contributed by atoms with Crippen molar-refractivity contribution in [1.29, 1.82) is 0 Å². The molecule has 0 atom stereocenters. The zero-order valence-corrected chi connectivity index (χ0v) is 13.6. The Morgan fingerprint density at radius 3 is 2.90 bits per heavy atom. The van der Waals surface area contributed by atoms with Gasteiger partial charge in [0, 0.05) is 21.6 Å². The number of pyridine rings is 1. The Kier molecular flexibility index (Phi) is 4.17. The van der Waals surface area contributed by atoms with E-state index in [9.17, 15) is 0 Å². The summed E-state index contributed by atoms with van der Waals surface area (Å²) in [7, 11) is 1.66. The number of thiazole rings is 1. The van der Waals surface area contributed by atoms with E-state index >= 15 is 0 Å². The molecule has 0 bridgehead atoms. The fraction of sp³-hybridized carbons (Fsp3) is 0.0667. The molecule has 3 rings (SSSR count). The molecule has 2 aromatic heterocycles. The summed E-state index contributed by atoms with van der Waals surface area (Å²) in [6, 6.07) is 11.7. The van der Waals surface area contributed by atoms with Crippen molar-refractivity contribution >= 4 is 38.2 Å². The summed E-state index contributed by atoms with van der Waals surface area (Å²) < 4.78 is 6.18. The van der Waals surface area contributed by atoms with Crippen molar-refractivity contribution in [3.8, 4) is 17.0 Å². The Balaban J connectivity index is 1.81. The van der Waals surface area contributed by atoms with Crippen molar-refractivity contribution < 1.29 is 4.74 Å². The molecular weight excluding hydrogens is 350 g/mol. The van der Waals surface area contributed by atoms with Crippen molar-refractivity contribution in [3.05, 3.63) is 52.4 Å². The first-order valence-electron chi connectivity index (χ1n) is 6.23. The van der Waals surface area contributed by atoms with Gasteiger partial charge in [-0.25, -0.2) is 9.97 Å². The molecule has 1 N–H and O–H groups in total. The zero-order valence-electron chi connectivity index (χ0n) is 11.2. The topological polar surface area (TPSA) is 47.0 Å². The fourth-order valence-corrected chi connectivity index (χ4v) is 2.77. The highest BCUT2D eigenvalue weighted by Gasteiger charge is 2.06. The number of ether oxygens (including phenoxy) is 1. The molecule has 4 nitrogen and oxygen atoms in total. The normalized spacial score (nSPS) is 10.4. The van der Waals surface area contributed by atoms with Gasteiger partial charge in [0.25, 0.3) is 0 Å². The molecule has 6 heteroatoms. The second-order valence-corrected chi connectivity index (χ2v) is 6.03. The minimum absolute atomic E-state index is 0.768. The number of hydrogen-bond acceptors (Lipinski definition) is 5. The molecule has 0 radical (unpaired) electrons. The van der Waals surface area contributed by atoms with E-state index in [1.807, 2.05) is 41.8 Å². The second kappa shape index (κ2) is 6.24. The standard InChI is InChI=1S/C15H12BrN3OS/c1-20-12-4-2-3-10(7-12)13-9-21-15(18-13)19-14-6-5-11(16)8-17-14/h2-9H,1H3,(H,17,18,19). The smallest absolute Gasteiger partial charge is 0.188 e. The van der Waals surface area contributed by atoms with Crippen LogP contribution in [-0.2, 0) is 0 Å². The number of methoxy groups -OCH3 is 1. The van der Waals surface area contributed by atoms with Gasteiger partial charge in [-0.05, 0) is 40.2 Å². The van der Waals surface area contributed by atoms with Gasteiger partial charge in [-0.15, -0.1) is 11.3 Å². The Bertz CT molecular complexity index is 743. The molecule has 3 aromatic rings. The predicted octanol–water partition coefficient (Wildman–Crippen LogP) is 4.72. The summed E-state index contributed by atoms with van der Waals surface area (Å²) in [5, 5.41) is 6.01. The van der Waals surface area contributed by atoms with Gasteiger partial charge in [-0.3, -0.25) is 0 Å². The quantitative estimate of drug-likeness (QED) is 0.730. The van der Waals surface area contributed by atoms with Gasteiger partial charge >= 0.3 is 0 Å². The van der Waals surface area contributed by atoms with Gasteiger partial charge in [0.05, 0.1) is 12.8 Å². The molecule has 0 saturated heterocycles. The number of aromatic nitrogens is 2.